The zero-order chi connectivity index (χ0) is 17.7. The monoisotopic (exact) mass is 414 g/mol. The third-order valence-electron chi connectivity index (χ3n) is 0.167. The Bertz CT molecular complexity index is 195. The smallest absolute Gasteiger partial charge is 0.481 e. The number of rotatable bonds is 1. The van der Waals surface area contributed by atoms with Crippen LogP contribution in [0.15, 0.2) is 0 Å². The molecule has 0 aromatic heterocycles. The molecule has 8 N–H and O–H groups in total. The number of aliphatic carboxylic acids is 4. The molecule has 0 aromatic rings. The number of nitrogens with two attached hydrogens (primary N) is 2. The van der Waals surface area contributed by atoms with Crippen LogP contribution >= 0.6 is 0 Å². The van der Waals surface area contributed by atoms with Gasteiger partial charge in [0.1, 0.15) is 0 Å². The van der Waals surface area contributed by atoms with Gasteiger partial charge in [0.05, 0.1) is 0 Å². The number of carboxylic acid groups (broad SMARTS) is 4. The molecule has 10 nitrogen and oxygen atoms in total. The van der Waals surface area contributed by atoms with Gasteiger partial charge in [0.15, 0.2) is 0 Å². The topological polar surface area (TPSA) is 201 Å². The first kappa shape index (κ1) is 36.7. The summed E-state index contributed by atoms with van der Waals surface area (Å²) in [7, 11) is 0. The Kier molecular flexibility index (Phi) is 63.5. The summed E-state index contributed by atoms with van der Waals surface area (Å²) >= 11 is 0. The summed E-state index contributed by atoms with van der Waals surface area (Å²) in [4.78, 5) is 36.0. The van der Waals surface area contributed by atoms with Gasteiger partial charge in [-0.1, -0.05) is 0 Å². The van der Waals surface area contributed by atoms with Crippen molar-refractivity contribution in [2.45, 2.75) is 27.7 Å². The molecule has 0 unspecified atom stereocenters. The Balaban J connectivity index is -0.0000000331. The molecule has 21 heavy (non-hydrogen) atoms. The van der Waals surface area contributed by atoms with E-state index in [2.05, 4.69) is 0 Å². The number of hydrogen-bond acceptors (Lipinski definition) is 6. The molecule has 0 aliphatic carbocycles. The molecule has 0 rings (SSSR count). The largest absolute Gasteiger partial charge is 2.00 e. The van der Waals surface area contributed by atoms with Crippen molar-refractivity contribution in [1.82, 2.24) is 0 Å². The summed E-state index contributed by atoms with van der Waals surface area (Å²) < 4.78 is 0. The van der Waals surface area contributed by atoms with Gasteiger partial charge >= 0.3 is 27.3 Å². The fraction of sp³-hybridized carbons (Fsp3) is 0.600. The van der Waals surface area contributed by atoms with E-state index in [0.29, 0.717) is 13.1 Å². The minimum Gasteiger partial charge on any atom is -0.481 e. The van der Waals surface area contributed by atoms with Crippen LogP contribution in [0.1, 0.15) is 27.7 Å². The van der Waals surface area contributed by atoms with Gasteiger partial charge in [-0.3, -0.25) is 19.2 Å². The molecule has 0 heterocycles. The van der Waals surface area contributed by atoms with Crippen LogP contribution in [0.25, 0.3) is 0 Å². The molecule has 0 atom stereocenters. The van der Waals surface area contributed by atoms with Crippen molar-refractivity contribution in [2.75, 3.05) is 13.1 Å². The normalized spacial score (nSPS) is 6.19. The van der Waals surface area contributed by atoms with E-state index >= 15 is 0 Å². The summed E-state index contributed by atoms with van der Waals surface area (Å²) in [5.41, 5.74) is 9.81. The van der Waals surface area contributed by atoms with Crippen LogP contribution in [0, 0.1) is 0 Å². The maximum Gasteiger partial charge on any atom is 2.00 e. The van der Waals surface area contributed by atoms with Gasteiger partial charge in [0, 0.05) is 40.8 Å². The molecular weight excluding hydrogens is 389 g/mol. The predicted octanol–water partition coefficient (Wildman–Crippen LogP) is -0.735. The maximum atomic E-state index is 9.00. The van der Waals surface area contributed by atoms with Gasteiger partial charge < -0.3 is 31.9 Å². The number of hydrogen-bond donors (Lipinski definition) is 6. The third-order valence-corrected chi connectivity index (χ3v) is 0.167. The first-order valence-electron chi connectivity index (χ1n) is 5.03. The van der Waals surface area contributed by atoms with Crippen LogP contribution in [0.5, 0.6) is 0 Å². The van der Waals surface area contributed by atoms with E-state index in [9.17, 15) is 0 Å². The Morgan fingerprint density at radius 3 is 0.667 bits per heavy atom. The molecule has 0 radical (unpaired) electrons. The second-order valence-electron chi connectivity index (χ2n) is 2.65. The molecule has 0 bridgehead atoms. The summed E-state index contributed by atoms with van der Waals surface area (Å²) in [6.45, 7) is 5.53. The average molecular weight is 413 g/mol. The van der Waals surface area contributed by atoms with Crippen molar-refractivity contribution in [3.8, 4) is 0 Å². The van der Waals surface area contributed by atoms with Crippen LogP contribution in [0.3, 0.4) is 0 Å². The van der Waals surface area contributed by atoms with E-state index in [0.717, 1.165) is 27.7 Å². The molecule has 0 spiro atoms. The van der Waals surface area contributed by atoms with Crippen molar-refractivity contribution >= 4 is 23.9 Å². The Labute approximate surface area is 143 Å². The van der Waals surface area contributed by atoms with Gasteiger partial charge in [-0.25, -0.2) is 0 Å². The van der Waals surface area contributed by atoms with Gasteiger partial charge in [-0.15, -0.1) is 0 Å². The minimum atomic E-state index is -0.833. The summed E-state index contributed by atoms with van der Waals surface area (Å²) in [5.74, 6) is -3.33. The minimum absolute atomic E-state index is 0. The second-order valence-corrected chi connectivity index (χ2v) is 2.65. The van der Waals surface area contributed by atoms with Gasteiger partial charge in [-0.2, -0.15) is 0 Å². The van der Waals surface area contributed by atoms with E-state index in [-0.39, 0.29) is 27.3 Å². The summed E-state index contributed by atoms with van der Waals surface area (Å²) in [5, 5.41) is 29.7. The van der Waals surface area contributed by atoms with Crippen LogP contribution < -0.4 is 11.5 Å². The molecule has 0 amide bonds. The number of carboxylic acids is 4. The van der Waals surface area contributed by atoms with Crippen molar-refractivity contribution in [3.05, 3.63) is 0 Å². The standard InChI is InChI=1S/C2H8N2.4C2H4O2.Cd/c3-1-2-4;4*1-2(3)4;/h1-4H2;4*1H3,(H,3,4);/q;;;;;+2. The Hall–Kier alpha value is -1.28. The first-order valence-corrected chi connectivity index (χ1v) is 5.03. The van der Waals surface area contributed by atoms with E-state index in [1.807, 2.05) is 0 Å². The van der Waals surface area contributed by atoms with Crippen molar-refractivity contribution in [3.63, 3.8) is 0 Å². The molecule has 122 valence electrons. The first-order chi connectivity index (χ1) is 8.84. The zero-order valence-corrected chi connectivity index (χ0v) is 16.7. The Morgan fingerprint density at radius 1 is 0.619 bits per heavy atom. The van der Waals surface area contributed by atoms with Crippen LogP contribution in [-0.4, -0.2) is 57.4 Å². The van der Waals surface area contributed by atoms with Gasteiger partial charge in [-0.05, 0) is 0 Å². The molecule has 0 fully saturated rings. The molecule has 0 saturated carbocycles. The predicted molar refractivity (Wildman–Crippen MR) is 71.3 cm³/mol. The molecule has 11 heteroatoms. The number of carbonyl (C=O) groups is 4. The van der Waals surface area contributed by atoms with Crippen molar-refractivity contribution < 1.29 is 66.9 Å². The maximum absolute atomic E-state index is 9.00. The Morgan fingerprint density at radius 2 is 0.667 bits per heavy atom. The van der Waals surface area contributed by atoms with Crippen molar-refractivity contribution in [1.29, 1.82) is 0 Å². The fourth-order valence-corrected chi connectivity index (χ4v) is 0. The SMILES string of the molecule is CC(=O)O.CC(=O)O.CC(=O)O.CC(=O)O.NCCN.[Cd+2]. The molecule has 0 aliphatic rings. The van der Waals surface area contributed by atoms with Gasteiger partial charge in [0.25, 0.3) is 23.9 Å². The van der Waals surface area contributed by atoms with Crippen LogP contribution in [-0.2, 0) is 46.5 Å². The summed E-state index contributed by atoms with van der Waals surface area (Å²) in [6.07, 6.45) is 0. The van der Waals surface area contributed by atoms with E-state index < -0.39 is 23.9 Å². The molecule has 0 aromatic carbocycles. The van der Waals surface area contributed by atoms with Crippen LogP contribution in [0.2, 0.25) is 0 Å². The van der Waals surface area contributed by atoms with Crippen molar-refractivity contribution in [2.24, 2.45) is 11.5 Å². The quantitative estimate of drug-likeness (QED) is 0.298. The van der Waals surface area contributed by atoms with E-state index in [1.165, 1.54) is 0 Å². The van der Waals surface area contributed by atoms with E-state index in [4.69, 9.17) is 51.1 Å². The zero-order valence-electron chi connectivity index (χ0n) is 12.7. The third kappa shape index (κ3) is 67800. The molecular formula is C10H24CdN2O8+2. The van der Waals surface area contributed by atoms with Gasteiger partial charge in [0.2, 0.25) is 0 Å². The fourth-order valence-electron chi connectivity index (χ4n) is 0. The second kappa shape index (κ2) is 36.3. The molecule has 0 saturated heterocycles. The summed E-state index contributed by atoms with van der Waals surface area (Å²) in [6, 6.07) is 0. The molecule has 0 aliphatic heterocycles. The average Bonchev–Trinajstić information content (AvgIpc) is 2.13. The van der Waals surface area contributed by atoms with Crippen LogP contribution in [0.4, 0.5) is 0 Å². The van der Waals surface area contributed by atoms with E-state index in [1.54, 1.807) is 0 Å².